The minimum Gasteiger partial charge on any atom is -0.457 e. The molecule has 4 aliphatic rings. The van der Waals surface area contributed by atoms with Crippen molar-refractivity contribution >= 4 is 0 Å². The van der Waals surface area contributed by atoms with E-state index in [0.717, 1.165) is 157 Å². The van der Waals surface area contributed by atoms with Crippen molar-refractivity contribution in [3.05, 3.63) is 391 Å². The van der Waals surface area contributed by atoms with Crippen molar-refractivity contribution < 1.29 is 9.47 Å². The Kier molecular flexibility index (Phi) is 13.8. The van der Waals surface area contributed by atoms with E-state index >= 15 is 0 Å². The predicted molar refractivity (Wildman–Crippen MR) is 416 cm³/mol. The lowest BCUT2D eigenvalue weighted by Gasteiger charge is -2.39. The lowest BCUT2D eigenvalue weighted by Crippen LogP contribution is -2.32. The van der Waals surface area contributed by atoms with E-state index in [1.165, 1.54) is 11.1 Å². The van der Waals surface area contributed by atoms with E-state index in [4.69, 9.17) is 39.4 Å². The molecular weight excluding hydrogens is 1300 g/mol. The van der Waals surface area contributed by atoms with E-state index < -0.39 is 10.8 Å². The second kappa shape index (κ2) is 24.2. The lowest BCUT2D eigenvalue weighted by atomic mass is 9.65. The SMILES string of the molecule is c1ccc(-c2nc(-c3cc(-c4cccnc4)cc(-c4ccc5c(c4)C4(c6ccccc6O5)c5ccccc5-c5ccc(-c6nc(-c7ccc(-c8cccnc8)cc7)nc(-c7ccc(-c8cccnc8)cc7)n6)cc54)c3)nc(-c3ccc4c(c3)C3(c5ccccc5Oc5ccccc53)c3ccccc3-4)n2)cc1. The molecule has 0 fully saturated rings. The Morgan fingerprint density at radius 1 is 0.179 bits per heavy atom. The Bertz CT molecular complexity index is 6250. The molecule has 1 atom stereocenters. The largest absolute Gasteiger partial charge is 0.457 e. The first-order valence-corrected chi connectivity index (χ1v) is 35.4. The normalized spacial score (nSPS) is 14.1. The molecule has 2 aliphatic heterocycles. The number of nitrogens with zero attached hydrogens (tertiary/aromatic N) is 9. The van der Waals surface area contributed by atoms with Gasteiger partial charge in [-0.2, -0.15) is 0 Å². The number of hydrogen-bond acceptors (Lipinski definition) is 11. The van der Waals surface area contributed by atoms with Gasteiger partial charge in [-0.15, -0.1) is 0 Å². The smallest absolute Gasteiger partial charge is 0.164 e. The second-order valence-corrected chi connectivity index (χ2v) is 27.2. The van der Waals surface area contributed by atoms with Crippen molar-refractivity contribution in [1.82, 2.24) is 44.9 Å². The van der Waals surface area contributed by atoms with Crippen LogP contribution in [0.2, 0.25) is 0 Å². The molecule has 2 aliphatic carbocycles. The van der Waals surface area contributed by atoms with E-state index in [1.807, 2.05) is 73.3 Å². The fraction of sp³-hybridized carbons (Fsp3) is 0.0211. The van der Waals surface area contributed by atoms with Crippen molar-refractivity contribution in [2.45, 2.75) is 10.8 Å². The fourth-order valence-electron chi connectivity index (χ4n) is 16.6. The van der Waals surface area contributed by atoms with Gasteiger partial charge in [0, 0.05) is 98.4 Å². The average Bonchev–Trinajstić information content (AvgIpc) is 1.50. The van der Waals surface area contributed by atoms with Crippen LogP contribution < -0.4 is 9.47 Å². The molecule has 2 spiro atoms. The van der Waals surface area contributed by atoms with E-state index in [1.54, 1.807) is 12.4 Å². The third kappa shape index (κ3) is 9.56. The van der Waals surface area contributed by atoms with Crippen molar-refractivity contribution in [2.24, 2.45) is 0 Å². The number of rotatable bonds is 10. The van der Waals surface area contributed by atoms with Crippen LogP contribution in [-0.4, -0.2) is 44.9 Å². The molecule has 7 heterocycles. The summed E-state index contributed by atoms with van der Waals surface area (Å²) in [7, 11) is 0. The Morgan fingerprint density at radius 2 is 0.481 bits per heavy atom. The summed E-state index contributed by atoms with van der Waals surface area (Å²) < 4.78 is 13.9. The number of fused-ring (bicyclic) bond motifs is 18. The predicted octanol–water partition coefficient (Wildman–Crippen LogP) is 21.8. The molecule has 1 unspecified atom stereocenters. The van der Waals surface area contributed by atoms with E-state index in [9.17, 15) is 0 Å². The maximum Gasteiger partial charge on any atom is 0.164 e. The van der Waals surface area contributed by atoms with Gasteiger partial charge < -0.3 is 9.47 Å². The lowest BCUT2D eigenvalue weighted by molar-refractivity contribution is 0.436. The standard InChI is InChI=1S/C95H57N9O2/c1-2-17-60(18-3-1)88-100-92(64-40-43-74-72-22-4-6-24-76(72)94(81(74)53-64)78-26-8-11-29-84(78)105-85-30-12-9-27-79(85)94)104-93(103-88)71-50-69(49-70(51-71)68-21-16-48-98-57-68)63-42-45-87-83(52-63)95(80-28-10-13-31-86(80)106-87)77-25-7-5-23-73(77)75-44-41-65(54-82(75)95)91-101-89(61-36-32-58(33-37-61)66-19-14-46-96-55-66)99-90(102-91)62-38-34-59(35-39-62)67-20-15-47-97-56-67/h1-57H. The quantitative estimate of drug-likeness (QED) is 0.129. The van der Waals surface area contributed by atoms with E-state index in [2.05, 4.69) is 276 Å². The van der Waals surface area contributed by atoms with Crippen LogP contribution in [0.1, 0.15) is 44.5 Å². The molecule has 0 saturated heterocycles. The van der Waals surface area contributed by atoms with Gasteiger partial charge in [0.05, 0.1) is 10.8 Å². The molecule has 21 rings (SSSR count). The molecule has 0 radical (unpaired) electrons. The molecule has 0 bridgehead atoms. The van der Waals surface area contributed by atoms with Crippen molar-refractivity contribution in [1.29, 1.82) is 0 Å². The maximum absolute atomic E-state index is 7.14. The second-order valence-electron chi connectivity index (χ2n) is 27.2. The molecular formula is C95H57N9O2. The highest BCUT2D eigenvalue weighted by atomic mass is 16.5. The minimum atomic E-state index is -0.896. The zero-order valence-electron chi connectivity index (χ0n) is 56.8. The number of benzene rings is 12. The van der Waals surface area contributed by atoms with Crippen LogP contribution in [0.25, 0.3) is 135 Å². The van der Waals surface area contributed by atoms with Crippen LogP contribution in [0.3, 0.4) is 0 Å². The first-order chi connectivity index (χ1) is 52.5. The van der Waals surface area contributed by atoms with Crippen molar-refractivity contribution in [3.8, 4) is 158 Å². The van der Waals surface area contributed by atoms with Gasteiger partial charge in [0.25, 0.3) is 0 Å². The molecule has 5 aromatic heterocycles. The topological polar surface area (TPSA) is 134 Å². The maximum atomic E-state index is 7.14. The first kappa shape index (κ1) is 60.5. The molecule has 494 valence electrons. The Labute approximate surface area is 610 Å². The molecule has 17 aromatic rings. The molecule has 0 saturated carbocycles. The number of aromatic nitrogens is 9. The van der Waals surface area contributed by atoms with Crippen molar-refractivity contribution in [2.75, 3.05) is 0 Å². The van der Waals surface area contributed by atoms with E-state index in [-0.39, 0.29) is 0 Å². The number of hydrogen-bond donors (Lipinski definition) is 0. The first-order valence-electron chi connectivity index (χ1n) is 35.4. The number of para-hydroxylation sites is 3. The molecule has 11 heteroatoms. The van der Waals surface area contributed by atoms with Gasteiger partial charge in [0.2, 0.25) is 0 Å². The van der Waals surface area contributed by atoms with Gasteiger partial charge in [-0.1, -0.05) is 231 Å². The van der Waals surface area contributed by atoms with Crippen LogP contribution in [0.5, 0.6) is 23.0 Å². The number of ether oxygens (including phenoxy) is 2. The summed E-state index contributed by atoms with van der Waals surface area (Å²) in [4.78, 5) is 45.9. The minimum absolute atomic E-state index is 0.516. The van der Waals surface area contributed by atoms with Crippen molar-refractivity contribution in [3.63, 3.8) is 0 Å². The van der Waals surface area contributed by atoms with Crippen LogP contribution >= 0.6 is 0 Å². The van der Waals surface area contributed by atoms with Crippen LogP contribution in [0.4, 0.5) is 0 Å². The molecule has 106 heavy (non-hydrogen) atoms. The zero-order chi connectivity index (χ0) is 69.9. The summed E-state index contributed by atoms with van der Waals surface area (Å²) in [5.74, 6) is 6.41. The summed E-state index contributed by atoms with van der Waals surface area (Å²) in [5.41, 5.74) is 24.6. The molecule has 0 N–H and O–H groups in total. The van der Waals surface area contributed by atoms with E-state index in [0.29, 0.717) is 34.9 Å². The summed E-state index contributed by atoms with van der Waals surface area (Å²) in [6.45, 7) is 0. The van der Waals surface area contributed by atoms with Crippen LogP contribution in [-0.2, 0) is 10.8 Å². The summed E-state index contributed by atoms with van der Waals surface area (Å²) in [5, 5.41) is 0. The van der Waals surface area contributed by atoms with Gasteiger partial charge in [0.15, 0.2) is 34.9 Å². The third-order valence-electron chi connectivity index (χ3n) is 21.4. The Morgan fingerprint density at radius 3 is 0.934 bits per heavy atom. The summed E-state index contributed by atoms with van der Waals surface area (Å²) >= 11 is 0. The zero-order valence-corrected chi connectivity index (χ0v) is 56.8. The van der Waals surface area contributed by atoms with Crippen LogP contribution in [0, 0.1) is 0 Å². The fourth-order valence-corrected chi connectivity index (χ4v) is 16.6. The van der Waals surface area contributed by atoms with Gasteiger partial charge in [0.1, 0.15) is 23.0 Å². The average molecular weight is 1360 g/mol. The summed E-state index contributed by atoms with van der Waals surface area (Å²) in [6.07, 6.45) is 11.0. The summed E-state index contributed by atoms with van der Waals surface area (Å²) in [6, 6.07) is 109. The Hall–Kier alpha value is -14.3. The Balaban J connectivity index is 0.736. The highest BCUT2D eigenvalue weighted by Gasteiger charge is 2.53. The molecule has 12 aromatic carbocycles. The highest BCUT2D eigenvalue weighted by molar-refractivity contribution is 5.93. The molecule has 0 amide bonds. The monoisotopic (exact) mass is 1360 g/mol. The van der Waals surface area contributed by atoms with Crippen LogP contribution in [0.15, 0.2) is 347 Å². The van der Waals surface area contributed by atoms with Gasteiger partial charge in [-0.3, -0.25) is 15.0 Å². The van der Waals surface area contributed by atoms with Gasteiger partial charge in [-0.25, -0.2) is 29.9 Å². The third-order valence-corrected chi connectivity index (χ3v) is 21.4. The van der Waals surface area contributed by atoms with Gasteiger partial charge >= 0.3 is 0 Å². The molecule has 11 nitrogen and oxygen atoms in total. The number of pyridine rings is 3. The highest BCUT2D eigenvalue weighted by Crippen LogP contribution is 2.65. The van der Waals surface area contributed by atoms with Gasteiger partial charge in [-0.05, 0) is 162 Å².